The topological polar surface area (TPSA) is 50.1 Å². The fraction of sp³-hybridized carbons (Fsp3) is 0.500. The molecule has 0 saturated carbocycles. The van der Waals surface area contributed by atoms with Crippen molar-refractivity contribution >= 4 is 15.9 Å². The first-order chi connectivity index (χ1) is 7.47. The van der Waals surface area contributed by atoms with Gasteiger partial charge in [-0.05, 0) is 30.2 Å². The van der Waals surface area contributed by atoms with Crippen LogP contribution >= 0.6 is 15.9 Å². The highest BCUT2D eigenvalue weighted by Crippen LogP contribution is 2.28. The average molecular weight is 286 g/mol. The van der Waals surface area contributed by atoms with Gasteiger partial charge < -0.3 is 5.32 Å². The van der Waals surface area contributed by atoms with Crippen LogP contribution in [0.2, 0.25) is 0 Å². The van der Waals surface area contributed by atoms with Crippen LogP contribution in [-0.2, 0) is 5.41 Å². The van der Waals surface area contributed by atoms with Gasteiger partial charge in [-0.25, -0.2) is 5.43 Å². The largest absolute Gasteiger partial charge is 0.303 e. The summed E-state index contributed by atoms with van der Waals surface area (Å²) in [6.07, 6.45) is 0. The Balaban J connectivity index is 2.83. The molecule has 16 heavy (non-hydrogen) atoms. The molecule has 0 heterocycles. The van der Waals surface area contributed by atoms with Gasteiger partial charge in [-0.15, -0.1) is 0 Å². The SMILES string of the molecule is Cc1ccc(Br)cc1C(C)(C)CNCNN. The summed E-state index contributed by atoms with van der Waals surface area (Å²) in [6, 6.07) is 6.40. The van der Waals surface area contributed by atoms with Crippen LogP contribution in [0.4, 0.5) is 0 Å². The Morgan fingerprint density at radius 2 is 2.06 bits per heavy atom. The first-order valence-electron chi connectivity index (χ1n) is 5.38. The van der Waals surface area contributed by atoms with Crippen LogP contribution in [0.25, 0.3) is 0 Å². The van der Waals surface area contributed by atoms with E-state index < -0.39 is 0 Å². The molecule has 4 N–H and O–H groups in total. The maximum atomic E-state index is 5.23. The third-order valence-corrected chi connectivity index (χ3v) is 3.22. The molecule has 1 rings (SSSR count). The smallest absolute Gasteiger partial charge is 0.0587 e. The van der Waals surface area contributed by atoms with E-state index in [0.717, 1.165) is 11.0 Å². The number of nitrogens with two attached hydrogens (primary N) is 1. The van der Waals surface area contributed by atoms with Gasteiger partial charge >= 0.3 is 0 Å². The molecule has 3 nitrogen and oxygen atoms in total. The van der Waals surface area contributed by atoms with Crippen molar-refractivity contribution in [3.05, 3.63) is 33.8 Å². The van der Waals surface area contributed by atoms with Crippen molar-refractivity contribution in [2.24, 2.45) is 5.84 Å². The normalized spacial score (nSPS) is 11.8. The van der Waals surface area contributed by atoms with Gasteiger partial charge in [0.25, 0.3) is 0 Å². The summed E-state index contributed by atoms with van der Waals surface area (Å²) in [5, 5.41) is 3.27. The third-order valence-electron chi connectivity index (χ3n) is 2.72. The van der Waals surface area contributed by atoms with Crippen molar-refractivity contribution in [2.75, 3.05) is 13.2 Å². The molecule has 0 atom stereocenters. The summed E-state index contributed by atoms with van der Waals surface area (Å²) >= 11 is 3.52. The van der Waals surface area contributed by atoms with E-state index in [1.54, 1.807) is 0 Å². The lowest BCUT2D eigenvalue weighted by Crippen LogP contribution is -2.40. The molecular weight excluding hydrogens is 266 g/mol. The van der Waals surface area contributed by atoms with Crippen molar-refractivity contribution in [2.45, 2.75) is 26.2 Å². The van der Waals surface area contributed by atoms with Crippen molar-refractivity contribution in [3.63, 3.8) is 0 Å². The summed E-state index contributed by atoms with van der Waals surface area (Å²) in [5.41, 5.74) is 5.35. The van der Waals surface area contributed by atoms with E-state index in [4.69, 9.17) is 5.84 Å². The summed E-state index contributed by atoms with van der Waals surface area (Å²) in [5.74, 6) is 5.23. The minimum Gasteiger partial charge on any atom is -0.303 e. The van der Waals surface area contributed by atoms with Crippen LogP contribution in [-0.4, -0.2) is 13.2 Å². The third kappa shape index (κ3) is 3.56. The number of hydrogen-bond donors (Lipinski definition) is 3. The van der Waals surface area contributed by atoms with Gasteiger partial charge in [0.1, 0.15) is 0 Å². The highest BCUT2D eigenvalue weighted by atomic mass is 79.9. The zero-order valence-electron chi connectivity index (χ0n) is 10.1. The van der Waals surface area contributed by atoms with Gasteiger partial charge in [0.15, 0.2) is 0 Å². The van der Waals surface area contributed by atoms with Crippen molar-refractivity contribution < 1.29 is 0 Å². The van der Waals surface area contributed by atoms with E-state index >= 15 is 0 Å². The zero-order chi connectivity index (χ0) is 12.2. The molecule has 90 valence electrons. The second kappa shape index (κ2) is 5.77. The number of halogens is 1. The first-order valence-corrected chi connectivity index (χ1v) is 6.17. The molecular formula is C12H20BrN3. The molecule has 0 amide bonds. The molecule has 1 aromatic rings. The standard InChI is InChI=1S/C12H20BrN3/c1-9-4-5-10(13)6-11(9)12(2,3)7-15-8-16-14/h4-6,15-16H,7-8,14H2,1-3H3. The van der Waals surface area contributed by atoms with Crippen molar-refractivity contribution in [1.29, 1.82) is 0 Å². The molecule has 0 unspecified atom stereocenters. The van der Waals surface area contributed by atoms with Gasteiger partial charge in [0.05, 0.1) is 6.67 Å². The van der Waals surface area contributed by atoms with Crippen molar-refractivity contribution in [1.82, 2.24) is 10.7 Å². The molecule has 0 saturated heterocycles. The molecule has 0 aliphatic heterocycles. The summed E-state index contributed by atoms with van der Waals surface area (Å²) in [6.45, 7) is 8.10. The van der Waals surface area contributed by atoms with Gasteiger partial charge in [-0.3, -0.25) is 5.84 Å². The lowest BCUT2D eigenvalue weighted by atomic mass is 9.82. The molecule has 1 aromatic carbocycles. The van der Waals surface area contributed by atoms with E-state index in [1.165, 1.54) is 11.1 Å². The minimum absolute atomic E-state index is 0.0880. The summed E-state index contributed by atoms with van der Waals surface area (Å²) in [7, 11) is 0. The quantitative estimate of drug-likeness (QED) is 0.336. The number of aryl methyl sites for hydroxylation is 1. The van der Waals surface area contributed by atoms with E-state index in [0.29, 0.717) is 6.67 Å². The first kappa shape index (κ1) is 13.6. The lowest BCUT2D eigenvalue weighted by molar-refractivity contribution is 0.453. The Hall–Kier alpha value is -0.420. The van der Waals surface area contributed by atoms with Crippen LogP contribution in [0.3, 0.4) is 0 Å². The van der Waals surface area contributed by atoms with Crippen LogP contribution in [0.1, 0.15) is 25.0 Å². The van der Waals surface area contributed by atoms with Gasteiger partial charge in [0.2, 0.25) is 0 Å². The Morgan fingerprint density at radius 3 is 2.69 bits per heavy atom. The van der Waals surface area contributed by atoms with Crippen LogP contribution in [0.15, 0.2) is 22.7 Å². The summed E-state index contributed by atoms with van der Waals surface area (Å²) < 4.78 is 1.12. The Kier molecular flexibility index (Phi) is 4.92. The Morgan fingerprint density at radius 1 is 1.38 bits per heavy atom. The molecule has 0 spiro atoms. The number of nitrogens with one attached hydrogen (secondary N) is 2. The lowest BCUT2D eigenvalue weighted by Gasteiger charge is -2.27. The monoisotopic (exact) mass is 285 g/mol. The van der Waals surface area contributed by atoms with Crippen LogP contribution in [0.5, 0.6) is 0 Å². The number of benzene rings is 1. The van der Waals surface area contributed by atoms with E-state index in [-0.39, 0.29) is 5.41 Å². The molecule has 0 aliphatic carbocycles. The van der Waals surface area contributed by atoms with Crippen LogP contribution < -0.4 is 16.6 Å². The van der Waals surface area contributed by atoms with E-state index in [9.17, 15) is 0 Å². The highest BCUT2D eigenvalue weighted by molar-refractivity contribution is 9.10. The Labute approximate surface area is 106 Å². The highest BCUT2D eigenvalue weighted by Gasteiger charge is 2.22. The molecule has 4 heteroatoms. The predicted octanol–water partition coefficient (Wildman–Crippen LogP) is 2.05. The molecule has 0 radical (unpaired) electrons. The van der Waals surface area contributed by atoms with Gasteiger partial charge in [-0.1, -0.05) is 35.8 Å². The number of hydrazine groups is 1. The molecule has 0 aromatic heterocycles. The number of hydrogen-bond acceptors (Lipinski definition) is 3. The van der Waals surface area contributed by atoms with Crippen LogP contribution in [0, 0.1) is 6.92 Å². The van der Waals surface area contributed by atoms with E-state index in [1.807, 2.05) is 0 Å². The fourth-order valence-electron chi connectivity index (χ4n) is 1.87. The van der Waals surface area contributed by atoms with Gasteiger partial charge in [-0.2, -0.15) is 0 Å². The maximum Gasteiger partial charge on any atom is 0.0587 e. The summed E-state index contributed by atoms with van der Waals surface area (Å²) in [4.78, 5) is 0. The second-order valence-corrected chi connectivity index (χ2v) is 5.57. The van der Waals surface area contributed by atoms with E-state index in [2.05, 4.69) is 65.6 Å². The Bertz CT molecular complexity index is 350. The fourth-order valence-corrected chi connectivity index (χ4v) is 2.23. The molecule has 0 fully saturated rings. The minimum atomic E-state index is 0.0880. The average Bonchev–Trinajstić information content (AvgIpc) is 2.22. The molecule has 0 aliphatic rings. The maximum absolute atomic E-state index is 5.23. The number of rotatable bonds is 5. The molecule has 0 bridgehead atoms. The van der Waals surface area contributed by atoms with Crippen molar-refractivity contribution in [3.8, 4) is 0 Å². The van der Waals surface area contributed by atoms with Gasteiger partial charge in [0, 0.05) is 16.4 Å². The zero-order valence-corrected chi connectivity index (χ0v) is 11.7. The predicted molar refractivity (Wildman–Crippen MR) is 72.1 cm³/mol. The second-order valence-electron chi connectivity index (χ2n) is 4.65.